The molecule has 0 aliphatic carbocycles. The van der Waals surface area contributed by atoms with E-state index in [1.807, 2.05) is 0 Å². The molecule has 1 aromatic heterocycles. The summed E-state index contributed by atoms with van der Waals surface area (Å²) in [5.74, 6) is -1.64. The first-order valence-electron chi connectivity index (χ1n) is 4.55. The minimum absolute atomic E-state index is 0.0990. The Balaban J connectivity index is 3.40. The SMILES string of the molecule is COC(=O)Cc1c(C(F)F)cc(Br)nc1[N+](=O)[O-]. The number of nitrogens with zero attached hydrogens (tertiary/aromatic N) is 2. The van der Waals surface area contributed by atoms with Crippen molar-refractivity contribution < 1.29 is 23.2 Å². The summed E-state index contributed by atoms with van der Waals surface area (Å²) in [4.78, 5) is 24.4. The number of pyridine rings is 1. The number of methoxy groups -OCH3 is 1. The molecule has 0 fully saturated rings. The Bertz CT molecular complexity index is 496. The zero-order valence-electron chi connectivity index (χ0n) is 9.02. The van der Waals surface area contributed by atoms with Gasteiger partial charge in [0.1, 0.15) is 0 Å². The number of alkyl halides is 2. The van der Waals surface area contributed by atoms with E-state index in [0.29, 0.717) is 0 Å². The highest BCUT2D eigenvalue weighted by Crippen LogP contribution is 2.31. The predicted octanol–water partition coefficient (Wildman–Crippen LogP) is 2.41. The van der Waals surface area contributed by atoms with Gasteiger partial charge in [0.05, 0.1) is 19.1 Å². The van der Waals surface area contributed by atoms with Crippen molar-refractivity contribution in [3.63, 3.8) is 0 Å². The maximum absolute atomic E-state index is 12.8. The number of ether oxygens (including phenoxy) is 1. The van der Waals surface area contributed by atoms with E-state index in [1.54, 1.807) is 0 Å². The molecule has 0 aliphatic rings. The van der Waals surface area contributed by atoms with Crippen LogP contribution in [0.4, 0.5) is 14.6 Å². The summed E-state index contributed by atoms with van der Waals surface area (Å²) in [5.41, 5.74) is -1.06. The van der Waals surface area contributed by atoms with Crippen LogP contribution in [0.2, 0.25) is 0 Å². The average molecular weight is 325 g/mol. The molecule has 1 aromatic rings. The molecule has 98 valence electrons. The number of halogens is 3. The number of hydrogen-bond donors (Lipinski definition) is 0. The van der Waals surface area contributed by atoms with Crippen LogP contribution in [0, 0.1) is 10.1 Å². The predicted molar refractivity (Wildman–Crippen MR) is 59.3 cm³/mol. The van der Waals surface area contributed by atoms with Crippen molar-refractivity contribution in [3.8, 4) is 0 Å². The molecule has 0 aromatic carbocycles. The zero-order valence-corrected chi connectivity index (χ0v) is 10.6. The van der Waals surface area contributed by atoms with E-state index < -0.39 is 40.7 Å². The number of aromatic nitrogens is 1. The summed E-state index contributed by atoms with van der Waals surface area (Å²) in [6.07, 6.45) is -3.59. The molecule has 0 spiro atoms. The Labute approximate surface area is 108 Å². The van der Waals surface area contributed by atoms with Gasteiger partial charge in [-0.15, -0.1) is 0 Å². The maximum Gasteiger partial charge on any atom is 0.368 e. The Morgan fingerprint density at radius 2 is 2.28 bits per heavy atom. The molecule has 9 heteroatoms. The Kier molecular flexibility index (Phi) is 4.65. The average Bonchev–Trinajstić information content (AvgIpc) is 2.29. The summed E-state index contributed by atoms with van der Waals surface area (Å²) < 4.78 is 29.8. The second-order valence-electron chi connectivity index (χ2n) is 3.15. The van der Waals surface area contributed by atoms with Crippen LogP contribution in [-0.2, 0) is 16.0 Å². The van der Waals surface area contributed by atoms with E-state index in [0.717, 1.165) is 13.2 Å². The number of esters is 1. The van der Waals surface area contributed by atoms with Gasteiger partial charge in [0.2, 0.25) is 4.60 Å². The van der Waals surface area contributed by atoms with E-state index >= 15 is 0 Å². The van der Waals surface area contributed by atoms with Crippen LogP contribution >= 0.6 is 15.9 Å². The number of nitro groups is 1. The molecule has 0 atom stereocenters. The van der Waals surface area contributed by atoms with Gasteiger partial charge in [-0.3, -0.25) is 4.79 Å². The Morgan fingerprint density at radius 3 is 2.72 bits per heavy atom. The molecule has 0 saturated heterocycles. The number of hydrogen-bond acceptors (Lipinski definition) is 5. The highest BCUT2D eigenvalue weighted by molar-refractivity contribution is 9.10. The molecule has 0 unspecified atom stereocenters. The van der Waals surface area contributed by atoms with Crippen molar-refractivity contribution in [3.05, 3.63) is 31.9 Å². The third-order valence-corrected chi connectivity index (χ3v) is 2.47. The smallest absolute Gasteiger partial charge is 0.368 e. The summed E-state index contributed by atoms with van der Waals surface area (Å²) in [6, 6.07) is 0.940. The third-order valence-electron chi connectivity index (χ3n) is 2.06. The molecule has 18 heavy (non-hydrogen) atoms. The summed E-state index contributed by atoms with van der Waals surface area (Å²) >= 11 is 2.80. The van der Waals surface area contributed by atoms with Gasteiger partial charge >= 0.3 is 11.8 Å². The fourth-order valence-corrected chi connectivity index (χ4v) is 1.70. The zero-order chi connectivity index (χ0) is 13.9. The standard InChI is InChI=1S/C9H7BrF2N2O4/c1-18-7(15)3-5-4(8(11)12)2-6(10)13-9(5)14(16)17/h2,8H,3H2,1H3. The molecule has 0 aliphatic heterocycles. The molecule has 0 bridgehead atoms. The van der Waals surface area contributed by atoms with Gasteiger partial charge in [0.25, 0.3) is 6.43 Å². The first-order chi connectivity index (χ1) is 8.36. The molecule has 1 rings (SSSR count). The second-order valence-corrected chi connectivity index (χ2v) is 3.96. The van der Waals surface area contributed by atoms with Crippen molar-refractivity contribution in [2.75, 3.05) is 7.11 Å². The number of rotatable bonds is 4. The lowest BCUT2D eigenvalue weighted by molar-refractivity contribution is -0.390. The van der Waals surface area contributed by atoms with Crippen LogP contribution in [-0.4, -0.2) is 23.0 Å². The van der Waals surface area contributed by atoms with Gasteiger partial charge in [0, 0.05) is 27.6 Å². The lowest BCUT2D eigenvalue weighted by atomic mass is 10.1. The van der Waals surface area contributed by atoms with Crippen molar-refractivity contribution in [2.45, 2.75) is 12.8 Å². The summed E-state index contributed by atoms with van der Waals surface area (Å²) in [5, 5.41) is 10.7. The maximum atomic E-state index is 12.8. The fourth-order valence-electron chi connectivity index (χ4n) is 1.29. The highest BCUT2D eigenvalue weighted by atomic mass is 79.9. The Morgan fingerprint density at radius 1 is 1.67 bits per heavy atom. The van der Waals surface area contributed by atoms with Gasteiger partial charge in [0.15, 0.2) is 0 Å². The number of carbonyl (C=O) groups excluding carboxylic acids is 1. The van der Waals surface area contributed by atoms with Crippen molar-refractivity contribution in [1.29, 1.82) is 0 Å². The minimum atomic E-state index is -2.96. The Hall–Kier alpha value is -1.64. The largest absolute Gasteiger partial charge is 0.469 e. The number of carbonyl (C=O) groups is 1. The summed E-state index contributed by atoms with van der Waals surface area (Å²) in [7, 11) is 1.06. The summed E-state index contributed by atoms with van der Waals surface area (Å²) in [6.45, 7) is 0. The van der Waals surface area contributed by atoms with E-state index in [9.17, 15) is 23.7 Å². The van der Waals surface area contributed by atoms with Gasteiger partial charge < -0.3 is 14.9 Å². The quantitative estimate of drug-likeness (QED) is 0.367. The molecular formula is C9H7BrF2N2O4. The third kappa shape index (κ3) is 3.19. The highest BCUT2D eigenvalue weighted by Gasteiger charge is 2.28. The van der Waals surface area contributed by atoms with Crippen LogP contribution in [0.25, 0.3) is 0 Å². The second kappa shape index (κ2) is 5.80. The van der Waals surface area contributed by atoms with Crippen LogP contribution in [0.5, 0.6) is 0 Å². The first-order valence-corrected chi connectivity index (χ1v) is 5.34. The van der Waals surface area contributed by atoms with Gasteiger partial charge in [-0.2, -0.15) is 0 Å². The van der Waals surface area contributed by atoms with Crippen molar-refractivity contribution in [2.24, 2.45) is 0 Å². The van der Waals surface area contributed by atoms with E-state index in [-0.39, 0.29) is 4.60 Å². The van der Waals surface area contributed by atoms with Crippen LogP contribution < -0.4 is 0 Å². The van der Waals surface area contributed by atoms with Gasteiger partial charge in [-0.05, 0) is 9.91 Å². The molecule has 0 N–H and O–H groups in total. The van der Waals surface area contributed by atoms with Crippen LogP contribution in [0.15, 0.2) is 10.7 Å². The van der Waals surface area contributed by atoms with Crippen molar-refractivity contribution >= 4 is 27.7 Å². The topological polar surface area (TPSA) is 82.3 Å². The first kappa shape index (κ1) is 14.4. The lowest BCUT2D eigenvalue weighted by Gasteiger charge is -2.08. The molecule has 0 radical (unpaired) electrons. The lowest BCUT2D eigenvalue weighted by Crippen LogP contribution is -2.11. The van der Waals surface area contributed by atoms with Crippen LogP contribution in [0.3, 0.4) is 0 Å². The van der Waals surface area contributed by atoms with E-state index in [4.69, 9.17) is 0 Å². The van der Waals surface area contributed by atoms with Gasteiger partial charge in [-0.1, -0.05) is 0 Å². The van der Waals surface area contributed by atoms with Gasteiger partial charge in [-0.25, -0.2) is 8.78 Å². The molecule has 0 amide bonds. The molecule has 6 nitrogen and oxygen atoms in total. The monoisotopic (exact) mass is 324 g/mol. The molecule has 1 heterocycles. The molecular weight excluding hydrogens is 318 g/mol. The van der Waals surface area contributed by atoms with E-state index in [2.05, 4.69) is 25.7 Å². The molecule has 0 saturated carbocycles. The normalized spacial score (nSPS) is 10.5. The minimum Gasteiger partial charge on any atom is -0.469 e. The van der Waals surface area contributed by atoms with Crippen molar-refractivity contribution in [1.82, 2.24) is 4.98 Å². The van der Waals surface area contributed by atoms with E-state index in [1.165, 1.54) is 0 Å². The fraction of sp³-hybridized carbons (Fsp3) is 0.333. The van der Waals surface area contributed by atoms with Crippen LogP contribution in [0.1, 0.15) is 17.6 Å².